The van der Waals surface area contributed by atoms with E-state index in [9.17, 15) is 22.8 Å². The van der Waals surface area contributed by atoms with Crippen LogP contribution >= 0.6 is 0 Å². The first-order valence-corrected chi connectivity index (χ1v) is 13.0. The van der Waals surface area contributed by atoms with Gasteiger partial charge in [0, 0.05) is 23.6 Å². The third-order valence-electron chi connectivity index (χ3n) is 6.78. The highest BCUT2D eigenvalue weighted by Gasteiger charge is 2.27. The molecule has 42 heavy (non-hydrogen) atoms. The molecule has 1 amide bonds. The molecule has 1 atom stereocenters. The second-order valence-electron chi connectivity index (χ2n) is 10.0. The first-order valence-electron chi connectivity index (χ1n) is 13.0. The first kappa shape index (κ1) is 28.5. The minimum Gasteiger partial charge on any atom is -0.383 e. The van der Waals surface area contributed by atoms with Crippen molar-refractivity contribution in [3.63, 3.8) is 0 Å². The average molecular weight is 577 g/mol. The van der Waals surface area contributed by atoms with Crippen molar-refractivity contribution < 1.29 is 18.0 Å². The van der Waals surface area contributed by atoms with E-state index in [1.165, 1.54) is 12.3 Å². The number of nitrogens with zero attached hydrogens (tertiary/aromatic N) is 6. The number of carbonyl (C=O) groups is 1. The number of hydrogen-bond acceptors (Lipinski definition) is 7. The molecule has 4 heterocycles. The van der Waals surface area contributed by atoms with E-state index in [2.05, 4.69) is 25.4 Å². The Balaban J connectivity index is 1.48. The minimum absolute atomic E-state index is 0.0518. The van der Waals surface area contributed by atoms with E-state index in [1.807, 2.05) is 20.8 Å². The van der Waals surface area contributed by atoms with Gasteiger partial charge in [0.05, 0.1) is 11.1 Å². The zero-order chi connectivity index (χ0) is 30.1. The number of pyridine rings is 1. The Morgan fingerprint density at radius 2 is 1.81 bits per heavy atom. The normalized spacial score (nSPS) is 12.3. The van der Waals surface area contributed by atoms with Gasteiger partial charge in [-0.25, -0.2) is 28.1 Å². The van der Waals surface area contributed by atoms with Gasteiger partial charge in [0.1, 0.15) is 36.1 Å². The second kappa shape index (κ2) is 11.4. The molecular formula is C29H27F3N8O2. The highest BCUT2D eigenvalue weighted by atomic mass is 19.3. The molecule has 10 nitrogen and oxygen atoms in total. The standard InChI is InChI=1S/C29H27F3N8O2/c1-15(2)21-10-19(29(42)40(38-21)23-9-4-16(3)12-34-23)28(41)37-18-7-5-17(6-8-18)20-13-39(22(11-30)25(31)32)27-24(20)26(33)35-14-36-27/h4-10,12-15,22,25H,11H2,1-3H3,(H,37,41)(H2,33,35,36). The summed E-state index contributed by atoms with van der Waals surface area (Å²) in [6, 6.07) is 9.60. The van der Waals surface area contributed by atoms with Crippen LogP contribution in [0.25, 0.3) is 28.0 Å². The van der Waals surface area contributed by atoms with E-state index in [4.69, 9.17) is 5.73 Å². The number of halogens is 3. The molecule has 0 spiro atoms. The Labute approximate surface area is 238 Å². The van der Waals surface area contributed by atoms with Crippen molar-refractivity contribution in [2.75, 3.05) is 17.7 Å². The first-order chi connectivity index (χ1) is 20.1. The Bertz CT molecular complexity index is 1820. The van der Waals surface area contributed by atoms with Crippen LogP contribution in [-0.4, -0.2) is 48.3 Å². The number of nitrogens with two attached hydrogens (primary N) is 1. The third-order valence-corrected chi connectivity index (χ3v) is 6.78. The summed E-state index contributed by atoms with van der Waals surface area (Å²) in [4.78, 5) is 38.9. The minimum atomic E-state index is -2.97. The number of aromatic nitrogens is 6. The van der Waals surface area contributed by atoms with Crippen molar-refractivity contribution in [3.05, 3.63) is 88.4 Å². The third kappa shape index (κ3) is 5.32. The second-order valence-corrected chi connectivity index (χ2v) is 10.0. The fourth-order valence-electron chi connectivity index (χ4n) is 4.47. The molecule has 0 aliphatic heterocycles. The maximum absolute atomic E-state index is 13.6. The van der Waals surface area contributed by atoms with Crippen molar-refractivity contribution in [1.29, 1.82) is 0 Å². The van der Waals surface area contributed by atoms with Gasteiger partial charge < -0.3 is 15.6 Å². The molecule has 0 aliphatic rings. The van der Waals surface area contributed by atoms with Crippen molar-refractivity contribution in [2.24, 2.45) is 0 Å². The van der Waals surface area contributed by atoms with Crippen molar-refractivity contribution in [1.82, 2.24) is 29.3 Å². The number of benzene rings is 1. The van der Waals surface area contributed by atoms with E-state index in [-0.39, 0.29) is 28.8 Å². The van der Waals surface area contributed by atoms with Crippen LogP contribution in [0.4, 0.5) is 24.7 Å². The van der Waals surface area contributed by atoms with E-state index < -0.39 is 30.6 Å². The zero-order valence-corrected chi connectivity index (χ0v) is 22.9. The molecule has 216 valence electrons. The van der Waals surface area contributed by atoms with E-state index in [0.29, 0.717) is 27.9 Å². The van der Waals surface area contributed by atoms with Crippen LogP contribution in [0.3, 0.4) is 0 Å². The van der Waals surface area contributed by atoms with Crippen LogP contribution in [0.5, 0.6) is 0 Å². The number of fused-ring (bicyclic) bond motifs is 1. The molecule has 0 bridgehead atoms. The molecular weight excluding hydrogens is 549 g/mol. The maximum atomic E-state index is 13.6. The van der Waals surface area contributed by atoms with Gasteiger partial charge in [-0.05, 0) is 48.2 Å². The van der Waals surface area contributed by atoms with Crippen LogP contribution in [-0.2, 0) is 0 Å². The Morgan fingerprint density at radius 3 is 2.43 bits per heavy atom. The number of anilines is 2. The summed E-state index contributed by atoms with van der Waals surface area (Å²) in [5, 5.41) is 7.43. The summed E-state index contributed by atoms with van der Waals surface area (Å²) in [5.74, 6) is -0.379. The van der Waals surface area contributed by atoms with Crippen LogP contribution in [0.2, 0.25) is 0 Å². The highest BCUT2D eigenvalue weighted by Crippen LogP contribution is 2.36. The van der Waals surface area contributed by atoms with Gasteiger partial charge in [-0.2, -0.15) is 9.78 Å². The Kier molecular flexibility index (Phi) is 7.74. The molecule has 0 radical (unpaired) electrons. The van der Waals surface area contributed by atoms with Gasteiger partial charge in [0.25, 0.3) is 17.9 Å². The summed E-state index contributed by atoms with van der Waals surface area (Å²) < 4.78 is 42.8. The topological polar surface area (TPSA) is 134 Å². The lowest BCUT2D eigenvalue weighted by atomic mass is 10.1. The van der Waals surface area contributed by atoms with Crippen molar-refractivity contribution >= 4 is 28.4 Å². The lowest BCUT2D eigenvalue weighted by Crippen LogP contribution is -2.31. The van der Waals surface area contributed by atoms with Gasteiger partial charge >= 0.3 is 0 Å². The monoisotopic (exact) mass is 576 g/mol. The molecule has 0 aliphatic carbocycles. The van der Waals surface area contributed by atoms with Gasteiger partial charge in [-0.15, -0.1) is 0 Å². The highest BCUT2D eigenvalue weighted by molar-refractivity contribution is 6.05. The summed E-state index contributed by atoms with van der Waals surface area (Å²) in [7, 11) is 0. The number of aryl methyl sites for hydroxylation is 1. The van der Waals surface area contributed by atoms with Gasteiger partial charge in [0.2, 0.25) is 0 Å². The lowest BCUT2D eigenvalue weighted by Gasteiger charge is -2.14. The van der Waals surface area contributed by atoms with Gasteiger partial charge in [-0.1, -0.05) is 32.0 Å². The fourth-order valence-corrected chi connectivity index (χ4v) is 4.47. The number of nitrogen functional groups attached to an aromatic ring is 1. The quantitative estimate of drug-likeness (QED) is 0.263. The molecule has 1 aromatic carbocycles. The molecule has 5 aromatic rings. The lowest BCUT2D eigenvalue weighted by molar-refractivity contribution is 0.0705. The van der Waals surface area contributed by atoms with E-state index in [0.717, 1.165) is 21.1 Å². The SMILES string of the molecule is Cc1ccc(-n2nc(C(C)C)cc(C(=O)Nc3ccc(-c4cn(C(CF)C(F)F)c5ncnc(N)c45)cc3)c2=O)nc1. The van der Waals surface area contributed by atoms with Crippen LogP contribution < -0.4 is 16.6 Å². The Hall–Kier alpha value is -5.07. The van der Waals surface area contributed by atoms with Crippen LogP contribution in [0.15, 0.2) is 66.0 Å². The molecule has 3 N–H and O–H groups in total. The zero-order valence-electron chi connectivity index (χ0n) is 22.9. The molecule has 0 fully saturated rings. The smallest absolute Gasteiger partial charge is 0.285 e. The van der Waals surface area contributed by atoms with Crippen molar-refractivity contribution in [2.45, 2.75) is 39.2 Å². The van der Waals surface area contributed by atoms with Crippen LogP contribution in [0.1, 0.15) is 47.4 Å². The molecule has 4 aromatic heterocycles. The number of carbonyl (C=O) groups excluding carboxylic acids is 1. The summed E-state index contributed by atoms with van der Waals surface area (Å²) in [6.07, 6.45) is 1.13. The molecule has 0 saturated heterocycles. The predicted molar refractivity (Wildman–Crippen MR) is 153 cm³/mol. The number of hydrogen-bond donors (Lipinski definition) is 2. The summed E-state index contributed by atoms with van der Waals surface area (Å²) in [5.41, 5.74) is 8.16. The molecule has 0 saturated carbocycles. The van der Waals surface area contributed by atoms with Crippen molar-refractivity contribution in [3.8, 4) is 16.9 Å². The number of alkyl halides is 3. The maximum Gasteiger partial charge on any atom is 0.285 e. The van der Waals surface area contributed by atoms with Gasteiger partial charge in [0.15, 0.2) is 5.82 Å². The Morgan fingerprint density at radius 1 is 1.07 bits per heavy atom. The van der Waals surface area contributed by atoms with Gasteiger partial charge in [-0.3, -0.25) is 9.59 Å². The molecule has 1 unspecified atom stereocenters. The summed E-state index contributed by atoms with van der Waals surface area (Å²) >= 11 is 0. The number of rotatable bonds is 8. The number of nitrogens with one attached hydrogen (secondary N) is 1. The fraction of sp³-hybridized carbons (Fsp3) is 0.241. The molecule has 13 heteroatoms. The van der Waals surface area contributed by atoms with Crippen LogP contribution in [0, 0.1) is 6.92 Å². The number of amides is 1. The van der Waals surface area contributed by atoms with E-state index in [1.54, 1.807) is 42.6 Å². The predicted octanol–water partition coefficient (Wildman–Crippen LogP) is 5.08. The molecule has 5 rings (SSSR count). The average Bonchev–Trinajstić information content (AvgIpc) is 3.34. The largest absolute Gasteiger partial charge is 0.383 e. The summed E-state index contributed by atoms with van der Waals surface area (Å²) in [6.45, 7) is 4.36. The van der Waals surface area contributed by atoms with E-state index >= 15 is 0 Å².